The van der Waals surface area contributed by atoms with Gasteiger partial charge in [0.25, 0.3) is 0 Å². The molecule has 0 amide bonds. The SMILES string of the molecule is CCC(COc1cc(C)cc(C)c1)Nc1nc(N)nc([C@H](C)O)n1. The molecule has 130 valence electrons. The Balaban J connectivity index is 2.04. The number of anilines is 2. The van der Waals surface area contributed by atoms with Crippen LogP contribution in [-0.4, -0.2) is 32.7 Å². The van der Waals surface area contributed by atoms with Gasteiger partial charge in [0.1, 0.15) is 18.5 Å². The first kappa shape index (κ1) is 17.9. The fourth-order valence-electron chi connectivity index (χ4n) is 2.32. The van der Waals surface area contributed by atoms with Crippen molar-refractivity contribution in [3.05, 3.63) is 35.2 Å². The summed E-state index contributed by atoms with van der Waals surface area (Å²) in [7, 11) is 0. The number of hydrogen-bond donors (Lipinski definition) is 3. The molecule has 1 unspecified atom stereocenters. The molecule has 2 aromatic rings. The predicted molar refractivity (Wildman–Crippen MR) is 94.0 cm³/mol. The van der Waals surface area contributed by atoms with Crippen LogP contribution in [0.5, 0.6) is 5.75 Å². The second kappa shape index (κ2) is 7.92. The van der Waals surface area contributed by atoms with Gasteiger partial charge in [0.15, 0.2) is 5.82 Å². The minimum atomic E-state index is -0.803. The zero-order valence-corrected chi connectivity index (χ0v) is 14.6. The molecular weight excluding hydrogens is 306 g/mol. The molecule has 2 atom stereocenters. The van der Waals surface area contributed by atoms with Crippen LogP contribution in [0.15, 0.2) is 18.2 Å². The average molecular weight is 331 g/mol. The van der Waals surface area contributed by atoms with Gasteiger partial charge in [-0.25, -0.2) is 0 Å². The number of rotatable bonds is 7. The predicted octanol–water partition coefficient (Wildman–Crippen LogP) is 2.39. The van der Waals surface area contributed by atoms with Crippen molar-refractivity contribution in [1.82, 2.24) is 15.0 Å². The van der Waals surface area contributed by atoms with Gasteiger partial charge in [-0.05, 0) is 50.5 Å². The molecule has 0 aliphatic carbocycles. The third-order valence-electron chi connectivity index (χ3n) is 3.52. The fraction of sp³-hybridized carbons (Fsp3) is 0.471. The number of nitrogen functional groups attached to an aromatic ring is 1. The van der Waals surface area contributed by atoms with Crippen molar-refractivity contribution in [3.8, 4) is 5.75 Å². The summed E-state index contributed by atoms with van der Waals surface area (Å²) in [5.41, 5.74) is 8.00. The molecule has 4 N–H and O–H groups in total. The second-order valence-corrected chi connectivity index (χ2v) is 5.94. The van der Waals surface area contributed by atoms with Crippen LogP contribution >= 0.6 is 0 Å². The van der Waals surface area contributed by atoms with Crippen LogP contribution < -0.4 is 15.8 Å². The normalized spacial score (nSPS) is 13.4. The highest BCUT2D eigenvalue weighted by atomic mass is 16.5. The van der Waals surface area contributed by atoms with Crippen molar-refractivity contribution in [1.29, 1.82) is 0 Å². The first-order valence-electron chi connectivity index (χ1n) is 8.04. The standard InChI is InChI=1S/C17H25N5O2/c1-5-13(9-24-14-7-10(2)6-11(3)8-14)19-17-21-15(12(4)23)20-16(18)22-17/h6-8,12-13,23H,5,9H2,1-4H3,(H3,18,19,20,21,22)/t12-,13?/m0/s1. The Kier molecular flexibility index (Phi) is 5.92. The number of nitrogens with two attached hydrogens (primary N) is 1. The lowest BCUT2D eigenvalue weighted by atomic mass is 10.1. The smallest absolute Gasteiger partial charge is 0.228 e. The Labute approximate surface area is 142 Å². The number of nitrogens with zero attached hydrogens (tertiary/aromatic N) is 3. The van der Waals surface area contributed by atoms with Crippen LogP contribution in [0, 0.1) is 13.8 Å². The van der Waals surface area contributed by atoms with E-state index < -0.39 is 6.10 Å². The Morgan fingerprint density at radius 1 is 1.17 bits per heavy atom. The Morgan fingerprint density at radius 3 is 2.42 bits per heavy atom. The summed E-state index contributed by atoms with van der Waals surface area (Å²) in [5.74, 6) is 1.51. The molecule has 7 nitrogen and oxygen atoms in total. The summed E-state index contributed by atoms with van der Waals surface area (Å²) < 4.78 is 5.89. The van der Waals surface area contributed by atoms with Gasteiger partial charge < -0.3 is 20.9 Å². The quantitative estimate of drug-likeness (QED) is 0.715. The number of aromatic nitrogens is 3. The van der Waals surface area contributed by atoms with Crippen molar-refractivity contribution in [2.45, 2.75) is 46.3 Å². The van der Waals surface area contributed by atoms with Gasteiger partial charge in [0, 0.05) is 0 Å². The van der Waals surface area contributed by atoms with E-state index in [4.69, 9.17) is 10.5 Å². The Bertz CT molecular complexity index is 670. The molecule has 2 rings (SSSR count). The topological polar surface area (TPSA) is 106 Å². The summed E-state index contributed by atoms with van der Waals surface area (Å²) in [6.07, 6.45) is 0.0165. The minimum Gasteiger partial charge on any atom is -0.491 e. The number of aliphatic hydroxyl groups is 1. The number of nitrogens with one attached hydrogen (secondary N) is 1. The van der Waals surface area contributed by atoms with E-state index >= 15 is 0 Å². The van der Waals surface area contributed by atoms with Crippen molar-refractivity contribution in [3.63, 3.8) is 0 Å². The van der Waals surface area contributed by atoms with Crippen LogP contribution in [0.2, 0.25) is 0 Å². The van der Waals surface area contributed by atoms with Gasteiger partial charge >= 0.3 is 0 Å². The monoisotopic (exact) mass is 331 g/mol. The lowest BCUT2D eigenvalue weighted by Crippen LogP contribution is -2.28. The van der Waals surface area contributed by atoms with Gasteiger partial charge in [-0.15, -0.1) is 0 Å². The number of aryl methyl sites for hydroxylation is 2. The van der Waals surface area contributed by atoms with Crippen LogP contribution in [0.25, 0.3) is 0 Å². The number of aliphatic hydroxyl groups excluding tert-OH is 1. The van der Waals surface area contributed by atoms with Crippen molar-refractivity contribution >= 4 is 11.9 Å². The van der Waals surface area contributed by atoms with Gasteiger partial charge in [0.2, 0.25) is 11.9 Å². The molecule has 24 heavy (non-hydrogen) atoms. The molecule has 0 aliphatic heterocycles. The van der Waals surface area contributed by atoms with Crippen LogP contribution in [0.4, 0.5) is 11.9 Å². The van der Waals surface area contributed by atoms with E-state index in [2.05, 4.69) is 26.3 Å². The van der Waals surface area contributed by atoms with E-state index in [0.29, 0.717) is 12.6 Å². The highest BCUT2D eigenvalue weighted by molar-refractivity contribution is 5.34. The molecule has 0 spiro atoms. The number of hydrogen-bond acceptors (Lipinski definition) is 7. The molecular formula is C17H25N5O2. The first-order chi connectivity index (χ1) is 11.4. The molecule has 0 saturated carbocycles. The lowest BCUT2D eigenvalue weighted by molar-refractivity contribution is 0.189. The first-order valence-corrected chi connectivity index (χ1v) is 8.04. The summed E-state index contributed by atoms with van der Waals surface area (Å²) in [4.78, 5) is 12.2. The van der Waals surface area contributed by atoms with Gasteiger partial charge in [0.05, 0.1) is 6.04 Å². The molecule has 1 heterocycles. The van der Waals surface area contributed by atoms with E-state index in [1.165, 1.54) is 0 Å². The molecule has 0 fully saturated rings. The molecule has 1 aromatic heterocycles. The fourth-order valence-corrected chi connectivity index (χ4v) is 2.32. The average Bonchev–Trinajstić information content (AvgIpc) is 2.49. The van der Waals surface area contributed by atoms with Gasteiger partial charge in [-0.2, -0.15) is 15.0 Å². The summed E-state index contributed by atoms with van der Waals surface area (Å²) in [6.45, 7) is 8.18. The lowest BCUT2D eigenvalue weighted by Gasteiger charge is -2.18. The maximum atomic E-state index is 9.61. The second-order valence-electron chi connectivity index (χ2n) is 5.94. The number of benzene rings is 1. The molecule has 0 aliphatic rings. The zero-order chi connectivity index (χ0) is 17.7. The maximum Gasteiger partial charge on any atom is 0.228 e. The van der Waals surface area contributed by atoms with Crippen LogP contribution in [0.3, 0.4) is 0 Å². The molecule has 0 bridgehead atoms. The summed E-state index contributed by atoms with van der Waals surface area (Å²) >= 11 is 0. The molecule has 1 aromatic carbocycles. The third-order valence-corrected chi connectivity index (χ3v) is 3.52. The van der Waals surface area contributed by atoms with Crippen molar-refractivity contribution in [2.75, 3.05) is 17.7 Å². The van der Waals surface area contributed by atoms with Crippen molar-refractivity contribution in [2.24, 2.45) is 0 Å². The third kappa shape index (κ3) is 5.06. The van der Waals surface area contributed by atoms with E-state index in [1.54, 1.807) is 6.92 Å². The summed E-state index contributed by atoms with van der Waals surface area (Å²) in [6, 6.07) is 6.13. The summed E-state index contributed by atoms with van der Waals surface area (Å²) in [5, 5.41) is 12.8. The Hall–Kier alpha value is -2.41. The minimum absolute atomic E-state index is 0.00877. The van der Waals surface area contributed by atoms with Crippen LogP contribution in [-0.2, 0) is 0 Å². The molecule has 0 saturated heterocycles. The molecule has 7 heteroatoms. The zero-order valence-electron chi connectivity index (χ0n) is 14.6. The van der Waals surface area contributed by atoms with E-state index in [1.807, 2.05) is 32.9 Å². The van der Waals surface area contributed by atoms with Crippen LogP contribution in [0.1, 0.15) is 43.3 Å². The van der Waals surface area contributed by atoms with Crippen molar-refractivity contribution < 1.29 is 9.84 Å². The van der Waals surface area contributed by atoms with E-state index in [-0.39, 0.29) is 17.8 Å². The molecule has 0 radical (unpaired) electrons. The van der Waals surface area contributed by atoms with Gasteiger partial charge in [-0.3, -0.25) is 0 Å². The van der Waals surface area contributed by atoms with E-state index in [0.717, 1.165) is 23.3 Å². The highest BCUT2D eigenvalue weighted by Gasteiger charge is 2.13. The van der Waals surface area contributed by atoms with E-state index in [9.17, 15) is 5.11 Å². The maximum absolute atomic E-state index is 9.61. The van der Waals surface area contributed by atoms with Gasteiger partial charge in [-0.1, -0.05) is 13.0 Å². The largest absolute Gasteiger partial charge is 0.491 e. The Morgan fingerprint density at radius 2 is 1.83 bits per heavy atom. The highest BCUT2D eigenvalue weighted by Crippen LogP contribution is 2.17. The number of ether oxygens (including phenoxy) is 1.